The maximum Gasteiger partial charge on any atom is 0.274 e. The number of pyridine rings is 1. The highest BCUT2D eigenvalue weighted by molar-refractivity contribution is 6.05. The fourth-order valence-corrected chi connectivity index (χ4v) is 3.49. The van der Waals surface area contributed by atoms with E-state index in [9.17, 15) is 9.59 Å². The number of ether oxygens (including phenoxy) is 2. The average molecular weight is 397 g/mol. The number of carbonyl (C=O) groups is 2. The second kappa shape index (κ2) is 9.91. The minimum Gasteiger partial charge on any atom is -0.497 e. The molecule has 2 aromatic rings. The first-order valence-corrected chi connectivity index (χ1v) is 9.91. The number of rotatable bonds is 6. The van der Waals surface area contributed by atoms with Gasteiger partial charge in [-0.25, -0.2) is 0 Å². The summed E-state index contributed by atoms with van der Waals surface area (Å²) < 4.78 is 10.5. The smallest absolute Gasteiger partial charge is 0.274 e. The number of hydrogen-bond donors (Lipinski definition) is 2. The molecule has 3 rings (SSSR count). The number of carbonyl (C=O) groups excluding carboxylic acids is 2. The van der Waals surface area contributed by atoms with Gasteiger partial charge in [-0.15, -0.1) is 0 Å². The second-order valence-corrected chi connectivity index (χ2v) is 7.11. The number of nitrogens with zero attached hydrogens (tertiary/aromatic N) is 1. The van der Waals surface area contributed by atoms with Crippen molar-refractivity contribution in [2.24, 2.45) is 0 Å². The molecule has 0 saturated heterocycles. The van der Waals surface area contributed by atoms with Crippen LogP contribution in [-0.4, -0.2) is 37.1 Å². The molecule has 0 spiro atoms. The number of aromatic nitrogens is 1. The zero-order valence-electron chi connectivity index (χ0n) is 16.9. The van der Waals surface area contributed by atoms with Gasteiger partial charge in [0, 0.05) is 23.9 Å². The highest BCUT2D eigenvalue weighted by Crippen LogP contribution is 2.29. The summed E-state index contributed by atoms with van der Waals surface area (Å²) in [6.07, 6.45) is 8.19. The predicted octanol–water partition coefficient (Wildman–Crippen LogP) is 3.80. The fourth-order valence-electron chi connectivity index (χ4n) is 3.49. The minimum absolute atomic E-state index is 0.156. The SMILES string of the molecule is COc1ccc(OC)c(NC(=O)c2cc(C(=O)NC3CCCCCC3)ccn2)c1. The molecule has 0 aliphatic heterocycles. The third kappa shape index (κ3) is 5.47. The van der Waals surface area contributed by atoms with E-state index in [-0.39, 0.29) is 17.6 Å². The molecule has 1 aliphatic carbocycles. The van der Waals surface area contributed by atoms with Crippen molar-refractivity contribution in [1.29, 1.82) is 0 Å². The maximum atomic E-state index is 12.7. The lowest BCUT2D eigenvalue weighted by molar-refractivity contribution is 0.0933. The highest BCUT2D eigenvalue weighted by atomic mass is 16.5. The molecule has 2 N–H and O–H groups in total. The van der Waals surface area contributed by atoms with Gasteiger partial charge in [0.1, 0.15) is 17.2 Å². The Morgan fingerprint density at radius 3 is 2.41 bits per heavy atom. The quantitative estimate of drug-likeness (QED) is 0.724. The van der Waals surface area contributed by atoms with Crippen molar-refractivity contribution < 1.29 is 19.1 Å². The van der Waals surface area contributed by atoms with Crippen molar-refractivity contribution >= 4 is 17.5 Å². The zero-order valence-corrected chi connectivity index (χ0v) is 16.9. The van der Waals surface area contributed by atoms with Crippen LogP contribution in [0.5, 0.6) is 11.5 Å². The van der Waals surface area contributed by atoms with Gasteiger partial charge in [-0.2, -0.15) is 0 Å². The summed E-state index contributed by atoms with van der Waals surface area (Å²) in [4.78, 5) is 29.4. The van der Waals surface area contributed by atoms with E-state index in [2.05, 4.69) is 15.6 Å². The first-order chi connectivity index (χ1) is 14.1. The lowest BCUT2D eigenvalue weighted by Crippen LogP contribution is -2.34. The number of hydrogen-bond acceptors (Lipinski definition) is 5. The van der Waals surface area contributed by atoms with Crippen LogP contribution in [0.25, 0.3) is 0 Å². The molecule has 1 aliphatic rings. The van der Waals surface area contributed by atoms with Gasteiger partial charge in [0.15, 0.2) is 0 Å². The third-order valence-electron chi connectivity index (χ3n) is 5.10. The van der Waals surface area contributed by atoms with Gasteiger partial charge in [0.25, 0.3) is 11.8 Å². The van der Waals surface area contributed by atoms with Crippen LogP contribution in [0.15, 0.2) is 36.5 Å². The molecule has 1 aromatic heterocycles. The Balaban J connectivity index is 1.71. The van der Waals surface area contributed by atoms with Crippen LogP contribution in [0.4, 0.5) is 5.69 Å². The van der Waals surface area contributed by atoms with E-state index >= 15 is 0 Å². The number of anilines is 1. The Morgan fingerprint density at radius 1 is 0.966 bits per heavy atom. The molecule has 1 saturated carbocycles. The van der Waals surface area contributed by atoms with Crippen LogP contribution in [-0.2, 0) is 0 Å². The van der Waals surface area contributed by atoms with Crippen LogP contribution < -0.4 is 20.1 Å². The van der Waals surface area contributed by atoms with Crippen LogP contribution in [0.3, 0.4) is 0 Å². The summed E-state index contributed by atoms with van der Waals surface area (Å²) in [5.74, 6) is 0.486. The monoisotopic (exact) mass is 397 g/mol. The summed E-state index contributed by atoms with van der Waals surface area (Å²) >= 11 is 0. The van der Waals surface area contributed by atoms with Gasteiger partial charge in [-0.05, 0) is 37.1 Å². The Hall–Kier alpha value is -3.09. The van der Waals surface area contributed by atoms with E-state index in [4.69, 9.17) is 9.47 Å². The molecular weight excluding hydrogens is 370 g/mol. The molecule has 2 amide bonds. The van der Waals surface area contributed by atoms with Crippen molar-refractivity contribution in [3.05, 3.63) is 47.8 Å². The summed E-state index contributed by atoms with van der Waals surface area (Å²) in [6, 6.07) is 8.43. The van der Waals surface area contributed by atoms with Crippen molar-refractivity contribution in [3.63, 3.8) is 0 Å². The fraction of sp³-hybridized carbons (Fsp3) is 0.409. The molecule has 29 heavy (non-hydrogen) atoms. The standard InChI is InChI=1S/C22H27N3O4/c1-28-17-9-10-20(29-2)18(14-17)25-22(27)19-13-15(11-12-23-19)21(26)24-16-7-5-3-4-6-8-16/h9-14,16H,3-8H2,1-2H3,(H,24,26)(H,25,27). The Bertz CT molecular complexity index is 861. The normalized spacial score (nSPS) is 14.6. The topological polar surface area (TPSA) is 89.5 Å². The van der Waals surface area contributed by atoms with E-state index in [1.54, 1.807) is 31.4 Å². The molecule has 0 atom stereocenters. The second-order valence-electron chi connectivity index (χ2n) is 7.11. The van der Waals surface area contributed by atoms with E-state index in [0.717, 1.165) is 25.7 Å². The molecule has 1 fully saturated rings. The van der Waals surface area contributed by atoms with Crippen molar-refractivity contribution in [3.8, 4) is 11.5 Å². The van der Waals surface area contributed by atoms with Gasteiger partial charge in [-0.1, -0.05) is 25.7 Å². The highest BCUT2D eigenvalue weighted by Gasteiger charge is 2.18. The van der Waals surface area contributed by atoms with E-state index < -0.39 is 5.91 Å². The third-order valence-corrected chi connectivity index (χ3v) is 5.10. The first-order valence-electron chi connectivity index (χ1n) is 9.91. The number of methoxy groups -OCH3 is 2. The van der Waals surface area contributed by atoms with E-state index in [1.807, 2.05) is 0 Å². The molecular formula is C22H27N3O4. The molecule has 1 aromatic carbocycles. The van der Waals surface area contributed by atoms with Crippen LogP contribution in [0.1, 0.15) is 59.4 Å². The largest absolute Gasteiger partial charge is 0.497 e. The molecule has 7 heteroatoms. The van der Waals surface area contributed by atoms with Crippen molar-refractivity contribution in [1.82, 2.24) is 10.3 Å². The number of nitrogens with one attached hydrogen (secondary N) is 2. The summed E-state index contributed by atoms with van der Waals surface area (Å²) in [7, 11) is 3.07. The van der Waals surface area contributed by atoms with Gasteiger partial charge >= 0.3 is 0 Å². The number of benzene rings is 1. The van der Waals surface area contributed by atoms with Crippen molar-refractivity contribution in [2.75, 3.05) is 19.5 Å². The summed E-state index contributed by atoms with van der Waals surface area (Å²) in [6.45, 7) is 0. The van der Waals surface area contributed by atoms with Gasteiger partial charge in [0.2, 0.25) is 0 Å². The lowest BCUT2D eigenvalue weighted by Gasteiger charge is -2.16. The van der Waals surface area contributed by atoms with Gasteiger partial charge in [-0.3, -0.25) is 14.6 Å². The minimum atomic E-state index is -0.430. The predicted molar refractivity (Wildman–Crippen MR) is 111 cm³/mol. The Labute approximate surface area is 170 Å². The maximum absolute atomic E-state index is 12.7. The summed E-state index contributed by atoms with van der Waals surface area (Å²) in [5.41, 5.74) is 1.04. The Kier molecular flexibility index (Phi) is 7.05. The van der Waals surface area contributed by atoms with Gasteiger partial charge < -0.3 is 20.1 Å². The summed E-state index contributed by atoms with van der Waals surface area (Å²) in [5, 5.41) is 5.86. The number of amides is 2. The van der Waals surface area contributed by atoms with Gasteiger partial charge in [0.05, 0.1) is 19.9 Å². The lowest BCUT2D eigenvalue weighted by atomic mass is 10.1. The molecule has 0 unspecified atom stereocenters. The molecule has 7 nitrogen and oxygen atoms in total. The molecule has 0 bridgehead atoms. The molecule has 0 radical (unpaired) electrons. The average Bonchev–Trinajstić information content (AvgIpc) is 3.02. The first kappa shape index (κ1) is 20.6. The Morgan fingerprint density at radius 2 is 1.72 bits per heavy atom. The molecule has 154 valence electrons. The van der Waals surface area contributed by atoms with Crippen LogP contribution >= 0.6 is 0 Å². The zero-order chi connectivity index (χ0) is 20.6. The van der Waals surface area contributed by atoms with E-state index in [1.165, 1.54) is 32.2 Å². The van der Waals surface area contributed by atoms with Crippen LogP contribution in [0, 0.1) is 0 Å². The van der Waals surface area contributed by atoms with Crippen molar-refractivity contribution in [2.45, 2.75) is 44.6 Å². The van der Waals surface area contributed by atoms with Crippen LogP contribution in [0.2, 0.25) is 0 Å². The molecule has 1 heterocycles. The van der Waals surface area contributed by atoms with E-state index in [0.29, 0.717) is 22.7 Å².